The zero-order valence-corrected chi connectivity index (χ0v) is 11.7. The van der Waals surface area contributed by atoms with Crippen molar-refractivity contribution in [3.05, 3.63) is 11.3 Å². The topological polar surface area (TPSA) is 87.0 Å². The molecular weight excluding hydrogens is 230 g/mol. The second-order valence-electron chi connectivity index (χ2n) is 5.20. The van der Waals surface area contributed by atoms with Gasteiger partial charge in [-0.2, -0.15) is 5.10 Å². The van der Waals surface area contributed by atoms with Gasteiger partial charge in [-0.05, 0) is 26.9 Å². The molecular formula is C12H23N5O. The molecule has 1 heterocycles. The molecule has 0 aliphatic heterocycles. The maximum atomic E-state index is 12.2. The minimum absolute atomic E-state index is 0.0844. The number of carbonyl (C=O) groups is 1. The Morgan fingerprint density at radius 1 is 1.50 bits per heavy atom. The number of hydrogen-bond acceptors (Lipinski definition) is 4. The molecule has 1 amide bonds. The van der Waals surface area contributed by atoms with E-state index >= 15 is 0 Å². The number of nitrogens with zero attached hydrogens (tertiary/aromatic N) is 2. The van der Waals surface area contributed by atoms with E-state index in [1.165, 1.54) is 0 Å². The van der Waals surface area contributed by atoms with E-state index in [-0.39, 0.29) is 17.8 Å². The zero-order chi connectivity index (χ0) is 13.9. The summed E-state index contributed by atoms with van der Waals surface area (Å²) < 4.78 is 0. The molecule has 0 saturated carbocycles. The molecule has 6 heteroatoms. The number of nitrogens with two attached hydrogens (primary N) is 1. The Labute approximate surface area is 108 Å². The number of likely N-dealkylation sites (N-methyl/N-ethyl adjacent to an activating group) is 1. The highest BCUT2D eigenvalue weighted by molar-refractivity contribution is 5.99. The van der Waals surface area contributed by atoms with Gasteiger partial charge in [0.25, 0.3) is 5.91 Å². The van der Waals surface area contributed by atoms with Crippen LogP contribution in [0.3, 0.4) is 0 Å². The lowest BCUT2D eigenvalue weighted by Gasteiger charge is -2.25. The lowest BCUT2D eigenvalue weighted by Crippen LogP contribution is -2.45. The summed E-state index contributed by atoms with van der Waals surface area (Å²) in [5.74, 6) is 0.432. The summed E-state index contributed by atoms with van der Waals surface area (Å²) in [6, 6.07) is 0.0844. The lowest BCUT2D eigenvalue weighted by molar-refractivity contribution is 0.0917. The number of amides is 1. The first-order valence-electron chi connectivity index (χ1n) is 6.09. The quantitative estimate of drug-likeness (QED) is 0.718. The number of H-pyrrole nitrogens is 1. The van der Waals surface area contributed by atoms with E-state index in [1.54, 1.807) is 6.92 Å². The predicted molar refractivity (Wildman–Crippen MR) is 72.4 cm³/mol. The lowest BCUT2D eigenvalue weighted by atomic mass is 10.0. The minimum atomic E-state index is -0.167. The molecule has 1 atom stereocenters. The van der Waals surface area contributed by atoms with Crippen molar-refractivity contribution in [2.45, 2.75) is 26.8 Å². The molecule has 1 rings (SSSR count). The van der Waals surface area contributed by atoms with Gasteiger partial charge in [-0.3, -0.25) is 9.89 Å². The molecule has 102 valence electrons. The van der Waals surface area contributed by atoms with Gasteiger partial charge in [-0.1, -0.05) is 13.8 Å². The van der Waals surface area contributed by atoms with Gasteiger partial charge in [0, 0.05) is 18.3 Å². The largest absolute Gasteiger partial charge is 0.382 e. The Kier molecular flexibility index (Phi) is 4.72. The molecule has 0 saturated heterocycles. The Balaban J connectivity index is 2.79. The molecule has 0 aromatic carbocycles. The van der Waals surface area contributed by atoms with E-state index in [4.69, 9.17) is 5.73 Å². The minimum Gasteiger partial charge on any atom is -0.382 e. The molecule has 0 spiro atoms. The van der Waals surface area contributed by atoms with Gasteiger partial charge in [0.1, 0.15) is 5.56 Å². The van der Waals surface area contributed by atoms with E-state index in [2.05, 4.69) is 34.3 Å². The van der Waals surface area contributed by atoms with Crippen LogP contribution in [0, 0.1) is 12.8 Å². The zero-order valence-electron chi connectivity index (χ0n) is 11.7. The van der Waals surface area contributed by atoms with Gasteiger partial charge in [0.2, 0.25) is 0 Å². The molecule has 0 aliphatic carbocycles. The Bertz CT molecular complexity index is 391. The number of hydrogen-bond donors (Lipinski definition) is 3. The molecule has 1 unspecified atom stereocenters. The van der Waals surface area contributed by atoms with Gasteiger partial charge in [0.05, 0.1) is 0 Å². The predicted octanol–water partition coefficient (Wildman–Crippen LogP) is 0.616. The SMILES string of the molecule is Cc1[nH]nc(N)c1C(=O)NC(CN(C)C)C(C)C. The maximum absolute atomic E-state index is 12.2. The second-order valence-corrected chi connectivity index (χ2v) is 5.20. The molecule has 0 fully saturated rings. The summed E-state index contributed by atoms with van der Waals surface area (Å²) in [5.41, 5.74) is 6.82. The van der Waals surface area contributed by atoms with Crippen molar-refractivity contribution >= 4 is 11.7 Å². The Hall–Kier alpha value is -1.56. The standard InChI is InChI=1S/C12H23N5O/c1-7(2)9(6-17(4)5)14-12(18)10-8(3)15-16-11(10)13/h7,9H,6H2,1-5H3,(H,14,18)(H3,13,15,16). The average Bonchev–Trinajstić information content (AvgIpc) is 2.56. The van der Waals surface area contributed by atoms with E-state index in [0.717, 1.165) is 6.54 Å². The van der Waals surface area contributed by atoms with Crippen LogP contribution in [0.2, 0.25) is 0 Å². The molecule has 6 nitrogen and oxygen atoms in total. The van der Waals surface area contributed by atoms with E-state index in [0.29, 0.717) is 17.2 Å². The molecule has 4 N–H and O–H groups in total. The number of nitrogen functional groups attached to an aromatic ring is 1. The van der Waals surface area contributed by atoms with Crippen molar-refractivity contribution in [3.63, 3.8) is 0 Å². The van der Waals surface area contributed by atoms with Gasteiger partial charge in [-0.15, -0.1) is 0 Å². The van der Waals surface area contributed by atoms with Crippen molar-refractivity contribution in [1.82, 2.24) is 20.4 Å². The third kappa shape index (κ3) is 3.46. The van der Waals surface area contributed by atoms with E-state index in [9.17, 15) is 4.79 Å². The number of anilines is 1. The fourth-order valence-electron chi connectivity index (χ4n) is 1.79. The van der Waals surface area contributed by atoms with Crippen molar-refractivity contribution in [1.29, 1.82) is 0 Å². The molecule has 1 aromatic heterocycles. The van der Waals surface area contributed by atoms with Crippen molar-refractivity contribution in [2.75, 3.05) is 26.4 Å². The first kappa shape index (κ1) is 14.5. The van der Waals surface area contributed by atoms with Crippen LogP contribution < -0.4 is 11.1 Å². The van der Waals surface area contributed by atoms with E-state index in [1.807, 2.05) is 14.1 Å². The van der Waals surface area contributed by atoms with Gasteiger partial charge < -0.3 is 16.0 Å². The normalized spacial score (nSPS) is 13.1. The van der Waals surface area contributed by atoms with Crippen LogP contribution in [0.25, 0.3) is 0 Å². The summed E-state index contributed by atoms with van der Waals surface area (Å²) in [6.45, 7) is 6.74. The van der Waals surface area contributed by atoms with Gasteiger partial charge >= 0.3 is 0 Å². The highest BCUT2D eigenvalue weighted by atomic mass is 16.1. The molecule has 0 aliphatic rings. The third-order valence-electron chi connectivity index (χ3n) is 2.89. The van der Waals surface area contributed by atoms with Crippen molar-refractivity contribution < 1.29 is 4.79 Å². The Morgan fingerprint density at radius 2 is 2.11 bits per heavy atom. The monoisotopic (exact) mass is 253 g/mol. The number of rotatable bonds is 5. The molecule has 0 bridgehead atoms. The van der Waals surface area contributed by atoms with Crippen LogP contribution in [0.15, 0.2) is 0 Å². The van der Waals surface area contributed by atoms with Gasteiger partial charge in [0.15, 0.2) is 5.82 Å². The number of aryl methyl sites for hydroxylation is 1. The van der Waals surface area contributed by atoms with Crippen LogP contribution in [-0.4, -0.2) is 47.7 Å². The number of carbonyl (C=O) groups excluding carboxylic acids is 1. The summed E-state index contributed by atoms with van der Waals surface area (Å²) in [7, 11) is 3.97. The molecule has 0 radical (unpaired) electrons. The first-order valence-corrected chi connectivity index (χ1v) is 6.09. The maximum Gasteiger partial charge on any atom is 0.257 e. The first-order chi connectivity index (χ1) is 8.32. The van der Waals surface area contributed by atoms with Gasteiger partial charge in [-0.25, -0.2) is 0 Å². The second kappa shape index (κ2) is 5.86. The van der Waals surface area contributed by atoms with Crippen LogP contribution in [-0.2, 0) is 0 Å². The van der Waals surface area contributed by atoms with Crippen LogP contribution in [0.5, 0.6) is 0 Å². The van der Waals surface area contributed by atoms with Crippen LogP contribution in [0.1, 0.15) is 29.9 Å². The van der Waals surface area contributed by atoms with Crippen LogP contribution in [0.4, 0.5) is 5.82 Å². The Morgan fingerprint density at radius 3 is 2.50 bits per heavy atom. The van der Waals surface area contributed by atoms with E-state index < -0.39 is 0 Å². The average molecular weight is 253 g/mol. The summed E-state index contributed by atoms with van der Waals surface area (Å²) in [4.78, 5) is 14.2. The smallest absolute Gasteiger partial charge is 0.257 e. The third-order valence-corrected chi connectivity index (χ3v) is 2.89. The summed E-state index contributed by atoms with van der Waals surface area (Å²) >= 11 is 0. The highest BCUT2D eigenvalue weighted by Gasteiger charge is 2.21. The fourth-order valence-corrected chi connectivity index (χ4v) is 1.79. The number of nitrogens with one attached hydrogen (secondary N) is 2. The molecule has 1 aromatic rings. The summed E-state index contributed by atoms with van der Waals surface area (Å²) in [6.07, 6.45) is 0. The molecule has 18 heavy (non-hydrogen) atoms. The number of aromatic nitrogens is 2. The van der Waals surface area contributed by atoms with Crippen molar-refractivity contribution in [2.24, 2.45) is 5.92 Å². The highest BCUT2D eigenvalue weighted by Crippen LogP contribution is 2.13. The number of aromatic amines is 1. The summed E-state index contributed by atoms with van der Waals surface area (Å²) in [5, 5.41) is 9.56. The van der Waals surface area contributed by atoms with Crippen molar-refractivity contribution in [3.8, 4) is 0 Å². The fraction of sp³-hybridized carbons (Fsp3) is 0.667. The van der Waals surface area contributed by atoms with Crippen LogP contribution >= 0.6 is 0 Å².